The Kier molecular flexibility index (Phi) is 2.63. The SMILES string of the molecule is Cc1ccn2cc(Cc3ccccc3C)nc2c1. The summed E-state index contributed by atoms with van der Waals surface area (Å²) in [6, 6.07) is 12.7. The highest BCUT2D eigenvalue weighted by Crippen LogP contribution is 2.14. The van der Waals surface area contributed by atoms with E-state index in [0.717, 1.165) is 17.8 Å². The molecule has 0 aliphatic rings. The van der Waals surface area contributed by atoms with Gasteiger partial charge < -0.3 is 4.40 Å². The number of pyridine rings is 1. The van der Waals surface area contributed by atoms with Crippen LogP contribution >= 0.6 is 0 Å². The first-order chi connectivity index (χ1) is 8.72. The maximum atomic E-state index is 4.67. The van der Waals surface area contributed by atoms with Crippen LogP contribution in [0.25, 0.3) is 5.65 Å². The molecule has 0 aliphatic carbocycles. The quantitative estimate of drug-likeness (QED) is 0.665. The van der Waals surface area contributed by atoms with Crippen LogP contribution in [0, 0.1) is 13.8 Å². The van der Waals surface area contributed by atoms with Crippen molar-refractivity contribution in [3.8, 4) is 0 Å². The van der Waals surface area contributed by atoms with Crippen LogP contribution in [0.5, 0.6) is 0 Å². The Morgan fingerprint density at radius 2 is 1.94 bits per heavy atom. The molecule has 3 rings (SSSR count). The Balaban J connectivity index is 1.98. The lowest BCUT2D eigenvalue weighted by atomic mass is 10.0. The van der Waals surface area contributed by atoms with E-state index in [0.29, 0.717) is 0 Å². The molecule has 1 aromatic carbocycles. The Morgan fingerprint density at radius 1 is 1.11 bits per heavy atom. The van der Waals surface area contributed by atoms with Crippen LogP contribution < -0.4 is 0 Å². The van der Waals surface area contributed by atoms with Crippen LogP contribution in [0.4, 0.5) is 0 Å². The molecule has 0 radical (unpaired) electrons. The van der Waals surface area contributed by atoms with Crippen molar-refractivity contribution in [3.05, 3.63) is 71.2 Å². The monoisotopic (exact) mass is 236 g/mol. The van der Waals surface area contributed by atoms with Gasteiger partial charge in [-0.2, -0.15) is 0 Å². The summed E-state index contributed by atoms with van der Waals surface area (Å²) in [4.78, 5) is 4.67. The Morgan fingerprint density at radius 3 is 2.78 bits per heavy atom. The van der Waals surface area contributed by atoms with Gasteiger partial charge in [0.1, 0.15) is 5.65 Å². The minimum atomic E-state index is 0.896. The third-order valence-electron chi connectivity index (χ3n) is 3.30. The molecule has 2 heteroatoms. The van der Waals surface area contributed by atoms with Gasteiger partial charge in [0.15, 0.2) is 0 Å². The second kappa shape index (κ2) is 4.30. The molecule has 0 aliphatic heterocycles. The topological polar surface area (TPSA) is 17.3 Å². The molecule has 2 aromatic heterocycles. The first-order valence-corrected chi connectivity index (χ1v) is 6.21. The zero-order valence-electron chi connectivity index (χ0n) is 10.7. The second-order valence-corrected chi connectivity index (χ2v) is 4.81. The van der Waals surface area contributed by atoms with Crippen molar-refractivity contribution in [2.45, 2.75) is 20.3 Å². The zero-order valence-corrected chi connectivity index (χ0v) is 10.7. The van der Waals surface area contributed by atoms with Crippen molar-refractivity contribution in [3.63, 3.8) is 0 Å². The van der Waals surface area contributed by atoms with Crippen LogP contribution in [0.15, 0.2) is 48.8 Å². The number of fused-ring (bicyclic) bond motifs is 1. The fourth-order valence-corrected chi connectivity index (χ4v) is 2.22. The number of aryl methyl sites for hydroxylation is 2. The highest BCUT2D eigenvalue weighted by atomic mass is 15.0. The van der Waals surface area contributed by atoms with E-state index in [1.54, 1.807) is 0 Å². The number of nitrogens with zero attached hydrogens (tertiary/aromatic N) is 2. The molecule has 0 saturated heterocycles. The maximum Gasteiger partial charge on any atom is 0.137 e. The molecule has 0 atom stereocenters. The Labute approximate surface area is 107 Å². The summed E-state index contributed by atoms with van der Waals surface area (Å²) in [5.41, 5.74) is 6.06. The smallest absolute Gasteiger partial charge is 0.137 e. The lowest BCUT2D eigenvalue weighted by Gasteiger charge is -2.01. The summed E-state index contributed by atoms with van der Waals surface area (Å²) < 4.78 is 2.08. The first-order valence-electron chi connectivity index (χ1n) is 6.21. The number of hydrogen-bond donors (Lipinski definition) is 0. The minimum Gasteiger partial charge on any atom is -0.307 e. The van der Waals surface area contributed by atoms with Gasteiger partial charge in [-0.05, 0) is 42.7 Å². The van der Waals surface area contributed by atoms with Crippen LogP contribution in [0.2, 0.25) is 0 Å². The van der Waals surface area contributed by atoms with Crippen LogP contribution in [-0.2, 0) is 6.42 Å². The van der Waals surface area contributed by atoms with Crippen molar-refractivity contribution < 1.29 is 0 Å². The van der Waals surface area contributed by atoms with Gasteiger partial charge in [-0.25, -0.2) is 4.98 Å². The number of aromatic nitrogens is 2. The summed E-state index contributed by atoms with van der Waals surface area (Å²) in [5, 5.41) is 0. The van der Waals surface area contributed by atoms with E-state index in [2.05, 4.69) is 72.0 Å². The molecular weight excluding hydrogens is 220 g/mol. The number of benzene rings is 1. The second-order valence-electron chi connectivity index (χ2n) is 4.81. The van der Waals surface area contributed by atoms with E-state index in [-0.39, 0.29) is 0 Å². The van der Waals surface area contributed by atoms with Gasteiger partial charge in [-0.15, -0.1) is 0 Å². The lowest BCUT2D eigenvalue weighted by Crippen LogP contribution is -1.91. The van der Waals surface area contributed by atoms with Gasteiger partial charge >= 0.3 is 0 Å². The van der Waals surface area contributed by atoms with Crippen molar-refractivity contribution in [1.82, 2.24) is 9.38 Å². The first kappa shape index (κ1) is 11.0. The predicted molar refractivity (Wildman–Crippen MR) is 73.9 cm³/mol. The molecule has 0 fully saturated rings. The molecule has 90 valence electrons. The third kappa shape index (κ3) is 2.02. The van der Waals surface area contributed by atoms with E-state index in [1.165, 1.54) is 16.7 Å². The van der Waals surface area contributed by atoms with Crippen LogP contribution in [-0.4, -0.2) is 9.38 Å². The highest BCUT2D eigenvalue weighted by Gasteiger charge is 2.04. The molecule has 2 heterocycles. The molecule has 0 amide bonds. The largest absolute Gasteiger partial charge is 0.307 e. The van der Waals surface area contributed by atoms with E-state index >= 15 is 0 Å². The minimum absolute atomic E-state index is 0.896. The molecule has 0 spiro atoms. The summed E-state index contributed by atoms with van der Waals surface area (Å²) in [7, 11) is 0. The van der Waals surface area contributed by atoms with Crippen molar-refractivity contribution >= 4 is 5.65 Å². The number of imidazole rings is 1. The molecule has 0 saturated carbocycles. The van der Waals surface area contributed by atoms with Crippen molar-refractivity contribution in [2.24, 2.45) is 0 Å². The van der Waals surface area contributed by atoms with Gasteiger partial charge in [0.2, 0.25) is 0 Å². The highest BCUT2D eigenvalue weighted by molar-refractivity contribution is 5.43. The molecule has 0 bridgehead atoms. The van der Waals surface area contributed by atoms with Gasteiger partial charge in [-0.1, -0.05) is 24.3 Å². The van der Waals surface area contributed by atoms with E-state index in [4.69, 9.17) is 0 Å². The summed E-state index contributed by atoms with van der Waals surface area (Å²) >= 11 is 0. The summed E-state index contributed by atoms with van der Waals surface area (Å²) in [6.07, 6.45) is 5.08. The average molecular weight is 236 g/mol. The normalized spacial score (nSPS) is 11.0. The van der Waals surface area contributed by atoms with Gasteiger partial charge in [0.05, 0.1) is 5.69 Å². The van der Waals surface area contributed by atoms with Crippen LogP contribution in [0.1, 0.15) is 22.4 Å². The average Bonchev–Trinajstić information content (AvgIpc) is 2.73. The molecule has 0 unspecified atom stereocenters. The maximum absolute atomic E-state index is 4.67. The lowest BCUT2D eigenvalue weighted by molar-refractivity contribution is 1.09. The van der Waals surface area contributed by atoms with E-state index in [9.17, 15) is 0 Å². The summed E-state index contributed by atoms with van der Waals surface area (Å²) in [5.74, 6) is 0. The van der Waals surface area contributed by atoms with E-state index < -0.39 is 0 Å². The van der Waals surface area contributed by atoms with Crippen LogP contribution in [0.3, 0.4) is 0 Å². The molecule has 3 aromatic rings. The van der Waals surface area contributed by atoms with Crippen molar-refractivity contribution in [1.29, 1.82) is 0 Å². The molecular formula is C16H16N2. The van der Waals surface area contributed by atoms with Gasteiger partial charge in [0, 0.05) is 18.8 Å². The molecule has 2 nitrogen and oxygen atoms in total. The molecule has 18 heavy (non-hydrogen) atoms. The standard InChI is InChI=1S/C16H16N2/c1-12-7-8-18-11-15(17-16(18)9-12)10-14-6-4-3-5-13(14)2/h3-9,11H,10H2,1-2H3. The number of rotatable bonds is 2. The molecule has 0 N–H and O–H groups in total. The Bertz CT molecular complexity index is 695. The fraction of sp³-hybridized carbons (Fsp3) is 0.188. The predicted octanol–water partition coefficient (Wildman–Crippen LogP) is 3.54. The zero-order chi connectivity index (χ0) is 12.5. The number of hydrogen-bond acceptors (Lipinski definition) is 1. The Hall–Kier alpha value is -2.09. The van der Waals surface area contributed by atoms with Crippen molar-refractivity contribution in [2.75, 3.05) is 0 Å². The third-order valence-corrected chi connectivity index (χ3v) is 3.30. The van der Waals surface area contributed by atoms with Gasteiger partial charge in [0.25, 0.3) is 0 Å². The fourth-order valence-electron chi connectivity index (χ4n) is 2.22. The van der Waals surface area contributed by atoms with E-state index in [1.807, 2.05) is 0 Å². The summed E-state index contributed by atoms with van der Waals surface area (Å²) in [6.45, 7) is 4.24. The van der Waals surface area contributed by atoms with Gasteiger partial charge in [-0.3, -0.25) is 0 Å².